The van der Waals surface area contributed by atoms with Crippen molar-refractivity contribution in [3.8, 4) is 0 Å². The van der Waals surface area contributed by atoms with Crippen molar-refractivity contribution in [1.82, 2.24) is 9.88 Å². The maximum atomic E-state index is 14.0. The molecule has 35 heavy (non-hydrogen) atoms. The zero-order chi connectivity index (χ0) is 25.5. The van der Waals surface area contributed by atoms with Crippen molar-refractivity contribution in [3.63, 3.8) is 0 Å². The quantitative estimate of drug-likeness (QED) is 0.610. The lowest BCUT2D eigenvalue weighted by Crippen LogP contribution is -2.44. The molecule has 12 heteroatoms. The van der Waals surface area contributed by atoms with E-state index in [4.69, 9.17) is 0 Å². The topological polar surface area (TPSA) is 79.4 Å². The number of pyridine rings is 1. The van der Waals surface area contributed by atoms with Gasteiger partial charge in [0.05, 0.1) is 29.1 Å². The number of rotatable bonds is 5. The maximum Gasteiger partial charge on any atom is 0.414 e. The summed E-state index contributed by atoms with van der Waals surface area (Å²) in [5, 5.41) is 3.08. The van der Waals surface area contributed by atoms with Crippen molar-refractivity contribution >= 4 is 21.4 Å². The van der Waals surface area contributed by atoms with Crippen LogP contribution >= 0.6 is 0 Å². The van der Waals surface area contributed by atoms with Crippen LogP contribution in [0.4, 0.5) is 27.6 Å². The van der Waals surface area contributed by atoms with Crippen LogP contribution in [0.2, 0.25) is 0 Å². The molecule has 0 bridgehead atoms. The van der Waals surface area contributed by atoms with Crippen molar-refractivity contribution in [1.29, 1.82) is 0 Å². The van der Waals surface area contributed by atoms with Gasteiger partial charge >= 0.3 is 6.18 Å². The summed E-state index contributed by atoms with van der Waals surface area (Å²) in [4.78, 5) is 17.3. The number of sulfone groups is 1. The highest BCUT2D eigenvalue weighted by atomic mass is 32.2. The van der Waals surface area contributed by atoms with Gasteiger partial charge in [-0.2, -0.15) is 13.2 Å². The van der Waals surface area contributed by atoms with E-state index in [0.717, 1.165) is 19.2 Å². The summed E-state index contributed by atoms with van der Waals surface area (Å²) in [6, 6.07) is 2.07. The molecule has 1 aromatic carbocycles. The number of amides is 1. The van der Waals surface area contributed by atoms with Crippen LogP contribution < -0.4 is 5.32 Å². The Hall–Kier alpha value is -2.76. The summed E-state index contributed by atoms with van der Waals surface area (Å²) in [5.41, 5.74) is 0.962. The Morgan fingerprint density at radius 3 is 2.43 bits per heavy atom. The summed E-state index contributed by atoms with van der Waals surface area (Å²) in [5.74, 6) is -3.33. The zero-order valence-electron chi connectivity index (χ0n) is 18.8. The fourth-order valence-electron chi connectivity index (χ4n) is 4.78. The number of carbonyl (C=O) groups is 1. The van der Waals surface area contributed by atoms with Gasteiger partial charge in [0.15, 0.2) is 6.04 Å². The summed E-state index contributed by atoms with van der Waals surface area (Å²) in [6.45, 7) is 0. The molecule has 4 rings (SSSR count). The summed E-state index contributed by atoms with van der Waals surface area (Å²) in [6.07, 6.45) is -2.98. The lowest BCUT2D eigenvalue weighted by molar-refractivity contribution is -0.191. The van der Waals surface area contributed by atoms with Gasteiger partial charge in [-0.25, -0.2) is 17.2 Å². The number of aromatic nitrogens is 1. The third kappa shape index (κ3) is 5.57. The molecule has 1 aliphatic carbocycles. The third-order valence-corrected chi connectivity index (χ3v) is 8.27. The van der Waals surface area contributed by atoms with Gasteiger partial charge in [-0.1, -0.05) is 0 Å². The lowest BCUT2D eigenvalue weighted by atomic mass is 9.99. The average Bonchev–Trinajstić information content (AvgIpc) is 3.16. The number of benzene rings is 1. The minimum Gasteiger partial charge on any atom is -0.380 e. The van der Waals surface area contributed by atoms with Crippen LogP contribution in [0, 0.1) is 17.6 Å². The number of nitrogens with one attached hydrogen (secondary N) is 1. The van der Waals surface area contributed by atoms with Crippen molar-refractivity contribution in [2.45, 2.75) is 43.9 Å². The predicted molar refractivity (Wildman–Crippen MR) is 118 cm³/mol. The standard InChI is InChI=1S/C23H24F5N3O3S/c1-31(22(32)13-4-6-35(33,34)7-5-13)21(23(26,27)28)20-3-2-16(12-29-20)30-17-9-14-8-15(24)10-19(25)18(14)11-17/h2-3,8,10,12-13,17,21,30H,4-7,9,11H2,1H3. The van der Waals surface area contributed by atoms with Gasteiger partial charge < -0.3 is 10.2 Å². The van der Waals surface area contributed by atoms with Crippen LogP contribution in [0.25, 0.3) is 0 Å². The molecule has 0 spiro atoms. The Morgan fingerprint density at radius 2 is 1.83 bits per heavy atom. The highest BCUT2D eigenvalue weighted by Crippen LogP contribution is 2.38. The van der Waals surface area contributed by atoms with Crippen molar-refractivity contribution in [3.05, 3.63) is 58.9 Å². The van der Waals surface area contributed by atoms with E-state index in [1.54, 1.807) is 0 Å². The van der Waals surface area contributed by atoms with Crippen LogP contribution in [0.15, 0.2) is 30.5 Å². The molecule has 2 aliphatic rings. The van der Waals surface area contributed by atoms with Gasteiger partial charge in [0.1, 0.15) is 21.5 Å². The molecular formula is C23H24F5N3O3S. The Bertz CT molecular complexity index is 1200. The van der Waals surface area contributed by atoms with E-state index >= 15 is 0 Å². The van der Waals surface area contributed by atoms with Crippen LogP contribution in [-0.2, 0) is 27.5 Å². The number of nitrogens with zero attached hydrogens (tertiary/aromatic N) is 2. The monoisotopic (exact) mass is 517 g/mol. The Labute approximate surface area is 199 Å². The summed E-state index contributed by atoms with van der Waals surface area (Å²) in [7, 11) is -2.22. The van der Waals surface area contributed by atoms with Crippen LogP contribution in [0.1, 0.15) is 35.7 Å². The molecule has 1 aliphatic heterocycles. The molecule has 190 valence electrons. The molecular weight excluding hydrogens is 493 g/mol. The third-order valence-electron chi connectivity index (χ3n) is 6.56. The second-order valence-electron chi connectivity index (χ2n) is 9.07. The largest absolute Gasteiger partial charge is 0.414 e. The van der Waals surface area contributed by atoms with Crippen LogP contribution in [0.3, 0.4) is 0 Å². The molecule has 1 N–H and O–H groups in total. The fraction of sp³-hybridized carbons (Fsp3) is 0.478. The molecule has 6 nitrogen and oxygen atoms in total. The van der Waals surface area contributed by atoms with E-state index in [0.29, 0.717) is 34.6 Å². The number of halogens is 5. The SMILES string of the molecule is CN(C(=O)C1CCS(=O)(=O)CC1)C(c1ccc(NC2Cc3cc(F)cc(F)c3C2)cn1)C(F)(F)F. The van der Waals surface area contributed by atoms with Crippen molar-refractivity contribution < 1.29 is 35.2 Å². The molecule has 0 saturated carbocycles. The number of alkyl halides is 3. The Morgan fingerprint density at radius 1 is 1.14 bits per heavy atom. The number of hydrogen-bond donors (Lipinski definition) is 1. The fourth-order valence-corrected chi connectivity index (χ4v) is 6.27. The molecule has 0 radical (unpaired) electrons. The van der Waals surface area contributed by atoms with Crippen molar-refractivity contribution in [2.75, 3.05) is 23.9 Å². The molecule has 1 aromatic heterocycles. The molecule has 1 fully saturated rings. The predicted octanol–water partition coefficient (Wildman–Crippen LogP) is 3.83. The first-order valence-electron chi connectivity index (χ1n) is 11.1. The molecule has 2 aromatic rings. The first-order chi connectivity index (χ1) is 16.3. The first kappa shape index (κ1) is 25.3. The average molecular weight is 518 g/mol. The number of anilines is 1. The van der Waals surface area contributed by atoms with E-state index < -0.39 is 45.5 Å². The van der Waals surface area contributed by atoms with E-state index in [2.05, 4.69) is 10.3 Å². The van der Waals surface area contributed by atoms with Crippen LogP contribution in [0.5, 0.6) is 0 Å². The van der Waals surface area contributed by atoms with E-state index in [1.807, 2.05) is 0 Å². The van der Waals surface area contributed by atoms with E-state index in [9.17, 15) is 35.2 Å². The minimum absolute atomic E-state index is 0.0133. The smallest absolute Gasteiger partial charge is 0.380 e. The number of hydrogen-bond acceptors (Lipinski definition) is 5. The van der Waals surface area contributed by atoms with Gasteiger partial charge in [-0.15, -0.1) is 0 Å². The highest BCUT2D eigenvalue weighted by Gasteiger charge is 2.47. The Balaban J connectivity index is 1.46. The van der Waals surface area contributed by atoms with Gasteiger partial charge in [0.2, 0.25) is 5.91 Å². The van der Waals surface area contributed by atoms with Crippen molar-refractivity contribution in [2.24, 2.45) is 5.92 Å². The highest BCUT2D eigenvalue weighted by molar-refractivity contribution is 7.91. The second kappa shape index (κ2) is 9.36. The van der Waals surface area contributed by atoms with Gasteiger partial charge in [0.25, 0.3) is 0 Å². The molecule has 1 amide bonds. The summed E-state index contributed by atoms with van der Waals surface area (Å²) < 4.78 is 92.5. The van der Waals surface area contributed by atoms with E-state index in [1.165, 1.54) is 18.3 Å². The molecule has 1 saturated heterocycles. The summed E-state index contributed by atoms with van der Waals surface area (Å²) >= 11 is 0. The van der Waals surface area contributed by atoms with Crippen LogP contribution in [-0.4, -0.2) is 55.0 Å². The minimum atomic E-state index is -4.80. The molecule has 2 atom stereocenters. The molecule has 2 unspecified atom stereocenters. The Kier molecular flexibility index (Phi) is 6.78. The maximum absolute atomic E-state index is 14.0. The number of carbonyl (C=O) groups excluding carboxylic acids is 1. The van der Waals surface area contributed by atoms with Gasteiger partial charge in [-0.3, -0.25) is 9.78 Å². The zero-order valence-corrected chi connectivity index (χ0v) is 19.6. The van der Waals surface area contributed by atoms with Gasteiger partial charge in [0, 0.05) is 25.1 Å². The first-order valence-corrected chi connectivity index (χ1v) is 12.9. The second-order valence-corrected chi connectivity index (χ2v) is 11.4. The van der Waals surface area contributed by atoms with Gasteiger partial charge in [-0.05, 0) is 55.0 Å². The normalized spacial score (nSPS) is 20.8. The van der Waals surface area contributed by atoms with E-state index in [-0.39, 0.29) is 36.1 Å². The lowest BCUT2D eigenvalue weighted by Gasteiger charge is -2.33. The number of fused-ring (bicyclic) bond motifs is 1. The molecule has 2 heterocycles.